The van der Waals surface area contributed by atoms with E-state index in [-0.39, 0.29) is 11.6 Å². The first-order valence-electron chi connectivity index (χ1n) is 7.13. The molecule has 1 fully saturated rings. The molecule has 0 aromatic carbocycles. The quantitative estimate of drug-likeness (QED) is 0.899. The highest BCUT2D eigenvalue weighted by molar-refractivity contribution is 5.49. The van der Waals surface area contributed by atoms with Crippen molar-refractivity contribution in [2.24, 2.45) is 0 Å². The highest BCUT2D eigenvalue weighted by Crippen LogP contribution is 2.26. The van der Waals surface area contributed by atoms with Gasteiger partial charge in [0.1, 0.15) is 0 Å². The molecule has 1 aromatic rings. The van der Waals surface area contributed by atoms with Gasteiger partial charge in [0.2, 0.25) is 0 Å². The van der Waals surface area contributed by atoms with Gasteiger partial charge in [-0.25, -0.2) is 13.8 Å². The standard InChI is InChI=1S/C14H22F2N4/c1-4-19(5-2)10-6-7-20(9-10)14-12(16)8-11(15)13(17-3)18-14/h8,10H,4-7,9H2,1-3H3,(H,17,18). The Morgan fingerprint density at radius 1 is 1.35 bits per heavy atom. The van der Waals surface area contributed by atoms with Crippen molar-refractivity contribution in [3.8, 4) is 0 Å². The number of hydrogen-bond acceptors (Lipinski definition) is 4. The van der Waals surface area contributed by atoms with Crippen LogP contribution in [0.2, 0.25) is 0 Å². The van der Waals surface area contributed by atoms with E-state index in [0.29, 0.717) is 6.04 Å². The molecule has 1 atom stereocenters. The molecule has 1 saturated heterocycles. The van der Waals surface area contributed by atoms with Crippen LogP contribution in [-0.2, 0) is 0 Å². The Labute approximate surface area is 118 Å². The number of likely N-dealkylation sites (N-methyl/N-ethyl adjacent to an activating group) is 1. The summed E-state index contributed by atoms with van der Waals surface area (Å²) in [4.78, 5) is 8.33. The van der Waals surface area contributed by atoms with Gasteiger partial charge >= 0.3 is 0 Å². The van der Waals surface area contributed by atoms with Gasteiger partial charge in [-0.15, -0.1) is 0 Å². The predicted octanol–water partition coefficient (Wildman–Crippen LogP) is 2.32. The molecule has 1 N–H and O–H groups in total. The van der Waals surface area contributed by atoms with Crippen molar-refractivity contribution in [3.63, 3.8) is 0 Å². The van der Waals surface area contributed by atoms with E-state index < -0.39 is 11.6 Å². The second kappa shape index (κ2) is 6.35. The van der Waals surface area contributed by atoms with Crippen molar-refractivity contribution >= 4 is 11.6 Å². The fraction of sp³-hybridized carbons (Fsp3) is 0.643. The molecule has 2 heterocycles. The molecule has 6 heteroatoms. The van der Waals surface area contributed by atoms with E-state index in [0.717, 1.165) is 38.7 Å². The van der Waals surface area contributed by atoms with Crippen molar-refractivity contribution in [1.29, 1.82) is 0 Å². The largest absolute Gasteiger partial charge is 0.371 e. The van der Waals surface area contributed by atoms with Crippen LogP contribution >= 0.6 is 0 Å². The number of aromatic nitrogens is 1. The molecule has 2 rings (SSSR count). The second-order valence-corrected chi connectivity index (χ2v) is 4.98. The normalized spacial score (nSPS) is 18.9. The first-order chi connectivity index (χ1) is 9.60. The summed E-state index contributed by atoms with van der Waals surface area (Å²) in [6.45, 7) is 7.70. The van der Waals surface area contributed by atoms with Crippen LogP contribution in [0.1, 0.15) is 20.3 Å². The Hall–Kier alpha value is -1.43. The molecule has 112 valence electrons. The van der Waals surface area contributed by atoms with Gasteiger partial charge in [-0.05, 0) is 19.5 Å². The Morgan fingerprint density at radius 3 is 2.65 bits per heavy atom. The lowest BCUT2D eigenvalue weighted by atomic mass is 10.2. The topological polar surface area (TPSA) is 31.4 Å². The van der Waals surface area contributed by atoms with Crippen LogP contribution in [0.3, 0.4) is 0 Å². The minimum absolute atomic E-state index is 0.0905. The number of hydrogen-bond donors (Lipinski definition) is 1. The molecule has 0 saturated carbocycles. The van der Waals surface area contributed by atoms with Gasteiger partial charge in [0.15, 0.2) is 23.3 Å². The maximum atomic E-state index is 13.9. The second-order valence-electron chi connectivity index (χ2n) is 4.98. The third-order valence-electron chi connectivity index (χ3n) is 3.94. The van der Waals surface area contributed by atoms with E-state index in [2.05, 4.69) is 29.0 Å². The summed E-state index contributed by atoms with van der Waals surface area (Å²) in [5.41, 5.74) is 0. The molecule has 1 unspecified atom stereocenters. The molecule has 1 aliphatic heterocycles. The minimum Gasteiger partial charge on any atom is -0.371 e. The van der Waals surface area contributed by atoms with Crippen LogP contribution in [0.5, 0.6) is 0 Å². The lowest BCUT2D eigenvalue weighted by Gasteiger charge is -2.26. The molecule has 4 nitrogen and oxygen atoms in total. The summed E-state index contributed by atoms with van der Waals surface area (Å²) in [6.07, 6.45) is 0.981. The van der Waals surface area contributed by atoms with E-state index in [1.165, 1.54) is 0 Å². The van der Waals surface area contributed by atoms with Gasteiger partial charge in [0.05, 0.1) is 0 Å². The van der Waals surface area contributed by atoms with Gasteiger partial charge < -0.3 is 10.2 Å². The van der Waals surface area contributed by atoms with Gasteiger partial charge in [-0.3, -0.25) is 4.90 Å². The van der Waals surface area contributed by atoms with Gasteiger partial charge in [-0.1, -0.05) is 13.8 Å². The fourth-order valence-corrected chi connectivity index (χ4v) is 2.83. The SMILES string of the molecule is CCN(CC)C1CCN(c2nc(NC)c(F)cc2F)C1. The monoisotopic (exact) mass is 284 g/mol. The Balaban J connectivity index is 2.17. The van der Waals surface area contributed by atoms with Gasteiger partial charge in [0, 0.05) is 32.2 Å². The van der Waals surface area contributed by atoms with E-state index in [1.54, 1.807) is 7.05 Å². The summed E-state index contributed by atoms with van der Waals surface area (Å²) >= 11 is 0. The van der Waals surface area contributed by atoms with Crippen molar-refractivity contribution in [2.45, 2.75) is 26.3 Å². The van der Waals surface area contributed by atoms with Crippen LogP contribution in [0.25, 0.3) is 0 Å². The highest BCUT2D eigenvalue weighted by Gasteiger charge is 2.29. The first-order valence-corrected chi connectivity index (χ1v) is 7.13. The van der Waals surface area contributed by atoms with Crippen molar-refractivity contribution in [2.75, 3.05) is 43.4 Å². The number of nitrogens with one attached hydrogen (secondary N) is 1. The third-order valence-corrected chi connectivity index (χ3v) is 3.94. The van der Waals surface area contributed by atoms with Crippen molar-refractivity contribution in [1.82, 2.24) is 9.88 Å². The molecule has 0 radical (unpaired) electrons. The van der Waals surface area contributed by atoms with E-state index >= 15 is 0 Å². The van der Waals surface area contributed by atoms with E-state index in [1.807, 2.05) is 4.90 Å². The highest BCUT2D eigenvalue weighted by atomic mass is 19.1. The fourth-order valence-electron chi connectivity index (χ4n) is 2.83. The zero-order chi connectivity index (χ0) is 14.7. The molecule has 1 aromatic heterocycles. The predicted molar refractivity (Wildman–Crippen MR) is 77.2 cm³/mol. The Morgan fingerprint density at radius 2 is 2.05 bits per heavy atom. The molecule has 1 aliphatic rings. The zero-order valence-electron chi connectivity index (χ0n) is 12.3. The number of pyridine rings is 1. The van der Waals surface area contributed by atoms with Gasteiger partial charge in [0.25, 0.3) is 0 Å². The summed E-state index contributed by atoms with van der Waals surface area (Å²) in [5.74, 6) is -0.923. The van der Waals surface area contributed by atoms with Crippen LogP contribution in [-0.4, -0.2) is 49.2 Å². The molecule has 20 heavy (non-hydrogen) atoms. The first kappa shape index (κ1) is 15.0. The summed E-state index contributed by atoms with van der Waals surface area (Å²) in [5, 5.41) is 2.65. The Kier molecular flexibility index (Phi) is 4.75. The smallest absolute Gasteiger partial charge is 0.168 e. The van der Waals surface area contributed by atoms with Crippen LogP contribution in [0, 0.1) is 11.6 Å². The lowest BCUT2D eigenvalue weighted by Crippen LogP contribution is -2.37. The van der Waals surface area contributed by atoms with Crippen LogP contribution in [0.15, 0.2) is 6.07 Å². The molecular weight excluding hydrogens is 262 g/mol. The lowest BCUT2D eigenvalue weighted by molar-refractivity contribution is 0.232. The third kappa shape index (κ3) is 2.85. The molecule has 0 bridgehead atoms. The summed E-state index contributed by atoms with van der Waals surface area (Å²) in [7, 11) is 1.58. The van der Waals surface area contributed by atoms with E-state index in [4.69, 9.17) is 0 Å². The van der Waals surface area contributed by atoms with Crippen molar-refractivity contribution in [3.05, 3.63) is 17.7 Å². The van der Waals surface area contributed by atoms with E-state index in [9.17, 15) is 8.78 Å². The number of halogens is 2. The number of nitrogens with zero attached hydrogens (tertiary/aromatic N) is 3. The van der Waals surface area contributed by atoms with Crippen LogP contribution in [0.4, 0.5) is 20.4 Å². The average Bonchev–Trinajstić information content (AvgIpc) is 2.90. The van der Waals surface area contributed by atoms with Gasteiger partial charge in [-0.2, -0.15) is 0 Å². The maximum absolute atomic E-state index is 13.9. The van der Waals surface area contributed by atoms with Crippen LogP contribution < -0.4 is 10.2 Å². The molecule has 0 spiro atoms. The van der Waals surface area contributed by atoms with Crippen molar-refractivity contribution < 1.29 is 8.78 Å². The summed E-state index contributed by atoms with van der Waals surface area (Å²) in [6, 6.07) is 1.31. The number of anilines is 2. The maximum Gasteiger partial charge on any atom is 0.168 e. The minimum atomic E-state index is -0.659. The Bertz CT molecular complexity index is 463. The number of rotatable bonds is 5. The molecule has 0 amide bonds. The zero-order valence-corrected chi connectivity index (χ0v) is 12.3. The summed E-state index contributed by atoms with van der Waals surface area (Å²) < 4.78 is 27.4. The average molecular weight is 284 g/mol. The molecular formula is C14H22F2N4. The molecule has 0 aliphatic carbocycles.